The van der Waals surface area contributed by atoms with Gasteiger partial charge in [0.25, 0.3) is 0 Å². The summed E-state index contributed by atoms with van der Waals surface area (Å²) in [7, 11) is 2.14. The Bertz CT molecular complexity index is 1490. The fourth-order valence-corrected chi connectivity index (χ4v) is 6.39. The van der Waals surface area contributed by atoms with Crippen LogP contribution in [-0.4, -0.2) is 89.1 Å². The first kappa shape index (κ1) is 29.6. The molecule has 0 N–H and O–H groups in total. The first-order valence-electron chi connectivity index (χ1n) is 14.4. The van der Waals surface area contributed by atoms with Gasteiger partial charge in [-0.2, -0.15) is 28.7 Å². The number of likely N-dealkylation sites (N-methyl/N-ethyl adjacent to an activating group) is 1. The van der Waals surface area contributed by atoms with Crippen LogP contribution in [0.3, 0.4) is 0 Å². The van der Waals surface area contributed by atoms with E-state index < -0.39 is 0 Å². The number of likely N-dealkylation sites (tertiary alicyclic amines) is 1. The van der Waals surface area contributed by atoms with E-state index in [9.17, 15) is 10.1 Å². The largest absolute Gasteiger partial charge is 0.462 e. The predicted octanol–water partition coefficient (Wildman–Crippen LogP) is 3.29. The van der Waals surface area contributed by atoms with Crippen molar-refractivity contribution in [3.63, 3.8) is 0 Å². The Morgan fingerprint density at radius 3 is 2.83 bits per heavy atom. The number of carbonyl (C=O) groups excluding carboxylic acids is 1. The maximum Gasteiger partial charge on any atom is 0.318 e. The molecule has 0 saturated carbocycles. The molecule has 0 aliphatic carbocycles. The Morgan fingerprint density at radius 2 is 2.05 bits per heavy atom. The van der Waals surface area contributed by atoms with Gasteiger partial charge in [-0.15, -0.1) is 0 Å². The van der Waals surface area contributed by atoms with E-state index in [1.165, 1.54) is 12.5 Å². The molecule has 2 atom stereocenters. The van der Waals surface area contributed by atoms with Crippen LogP contribution in [0.2, 0.25) is 0 Å². The van der Waals surface area contributed by atoms with Gasteiger partial charge in [0.2, 0.25) is 5.91 Å². The maximum absolute atomic E-state index is 12.5. The minimum Gasteiger partial charge on any atom is -0.462 e. The molecule has 1 aromatic carbocycles. The summed E-state index contributed by atoms with van der Waals surface area (Å²) in [5.41, 5.74) is 3.21. The molecule has 0 spiro atoms. The third-order valence-corrected chi connectivity index (χ3v) is 8.67. The molecule has 2 aromatic heterocycles. The van der Waals surface area contributed by atoms with Crippen molar-refractivity contribution in [1.82, 2.24) is 24.8 Å². The number of piperazine rings is 1. The summed E-state index contributed by atoms with van der Waals surface area (Å²) < 4.78 is 6.27. The molecule has 2 saturated heterocycles. The van der Waals surface area contributed by atoms with Gasteiger partial charge in [0.05, 0.1) is 30.8 Å². The molecule has 1 unspecified atom stereocenters. The molecule has 3 aliphatic rings. The Hall–Kier alpha value is -3.88. The molecular formula is C31H38N8O2S. The summed E-state index contributed by atoms with van der Waals surface area (Å²) in [6.45, 7) is 8.38. The van der Waals surface area contributed by atoms with Gasteiger partial charge in [-0.05, 0) is 56.4 Å². The number of amides is 1. The van der Waals surface area contributed by atoms with Crippen molar-refractivity contribution in [2.45, 2.75) is 44.3 Å². The van der Waals surface area contributed by atoms with E-state index in [1.807, 2.05) is 18.5 Å². The quantitative estimate of drug-likeness (QED) is 0.386. The Balaban J connectivity index is 0.00000353. The fourth-order valence-electron chi connectivity index (χ4n) is 6.39. The van der Waals surface area contributed by atoms with Crippen molar-refractivity contribution in [1.29, 1.82) is 5.26 Å². The van der Waals surface area contributed by atoms with Crippen molar-refractivity contribution in [2.75, 3.05) is 56.2 Å². The number of benzene rings is 1. The molecule has 10 nitrogen and oxygen atoms in total. The van der Waals surface area contributed by atoms with Crippen LogP contribution in [0.5, 0.6) is 6.01 Å². The van der Waals surface area contributed by atoms with E-state index in [0.717, 1.165) is 59.5 Å². The average Bonchev–Trinajstić information content (AvgIpc) is 3.43. The minimum absolute atomic E-state index is 0. The summed E-state index contributed by atoms with van der Waals surface area (Å²) in [4.78, 5) is 35.5. The lowest BCUT2D eigenvalue weighted by Crippen LogP contribution is -2.55. The highest BCUT2D eigenvalue weighted by atomic mass is 32.1. The number of nitriles is 1. The molecule has 11 heteroatoms. The van der Waals surface area contributed by atoms with Gasteiger partial charge >= 0.3 is 6.01 Å². The summed E-state index contributed by atoms with van der Waals surface area (Å²) in [5, 5.41) is 11.8. The first-order valence-corrected chi connectivity index (χ1v) is 14.4. The monoisotopic (exact) mass is 586 g/mol. The highest BCUT2D eigenvalue weighted by Gasteiger charge is 2.33. The van der Waals surface area contributed by atoms with E-state index in [-0.39, 0.29) is 31.9 Å². The predicted molar refractivity (Wildman–Crippen MR) is 168 cm³/mol. The summed E-state index contributed by atoms with van der Waals surface area (Å²) in [6.07, 6.45) is 8.39. The van der Waals surface area contributed by atoms with E-state index in [0.29, 0.717) is 44.8 Å². The summed E-state index contributed by atoms with van der Waals surface area (Å²) in [6, 6.07) is 11.2. The van der Waals surface area contributed by atoms with Gasteiger partial charge < -0.3 is 24.3 Å². The standard InChI is InChI=1S/C31H36N8O2.H2S/c1-3-29(40)39-17-16-38(19-23(39)9-12-32)30-25-11-15-37(28-8-4-6-22-10-13-33-18-26(22)28)20-27(25)34-31(35-30)41-21-24-7-5-14-36(24)2;/h3-4,6,8,10,13,18,23-24H,1,5,7,9,11,14-17,19-21H2,2H3;1H2/t23?,24-;/m0./s1. The van der Waals surface area contributed by atoms with E-state index >= 15 is 0 Å². The smallest absolute Gasteiger partial charge is 0.318 e. The number of hydrogen-bond donors (Lipinski definition) is 0. The van der Waals surface area contributed by atoms with Crippen LogP contribution in [0.1, 0.15) is 30.5 Å². The summed E-state index contributed by atoms with van der Waals surface area (Å²) >= 11 is 0. The number of hydrogen-bond acceptors (Lipinski definition) is 9. The van der Waals surface area contributed by atoms with Gasteiger partial charge in [-0.3, -0.25) is 9.78 Å². The molecule has 42 heavy (non-hydrogen) atoms. The van der Waals surface area contributed by atoms with Gasteiger partial charge in [0, 0.05) is 61.3 Å². The molecule has 0 radical (unpaired) electrons. The van der Waals surface area contributed by atoms with Crippen LogP contribution in [-0.2, 0) is 17.8 Å². The van der Waals surface area contributed by atoms with Gasteiger partial charge in [0.1, 0.15) is 12.4 Å². The van der Waals surface area contributed by atoms with Crippen LogP contribution in [0.4, 0.5) is 11.5 Å². The van der Waals surface area contributed by atoms with Crippen LogP contribution in [0.25, 0.3) is 10.8 Å². The van der Waals surface area contributed by atoms with Crippen molar-refractivity contribution in [3.05, 3.63) is 60.6 Å². The molecule has 1 amide bonds. The highest BCUT2D eigenvalue weighted by molar-refractivity contribution is 7.59. The van der Waals surface area contributed by atoms with Crippen molar-refractivity contribution in [3.8, 4) is 12.1 Å². The normalized spacial score (nSPS) is 20.5. The third kappa shape index (κ3) is 5.87. The second-order valence-corrected chi connectivity index (χ2v) is 11.1. The third-order valence-electron chi connectivity index (χ3n) is 8.67. The first-order chi connectivity index (χ1) is 20.1. The Kier molecular flexibility index (Phi) is 9.14. The number of carbonyl (C=O) groups is 1. The SMILES string of the molecule is C=CC(=O)N1CCN(c2nc(OC[C@@H]3CCCN3C)nc3c2CCN(c2cccc4ccncc24)C3)CC1CC#N.S. The Labute approximate surface area is 254 Å². The number of pyridine rings is 1. The number of anilines is 2. The number of ether oxygens (including phenoxy) is 1. The number of fused-ring (bicyclic) bond motifs is 2. The maximum atomic E-state index is 12.5. The van der Waals surface area contributed by atoms with Crippen LogP contribution >= 0.6 is 13.5 Å². The molecule has 0 bridgehead atoms. The Morgan fingerprint density at radius 1 is 1.17 bits per heavy atom. The number of rotatable bonds is 7. The van der Waals surface area contributed by atoms with Crippen LogP contribution in [0.15, 0.2) is 49.3 Å². The topological polar surface area (TPSA) is 102 Å². The zero-order chi connectivity index (χ0) is 28.3. The zero-order valence-corrected chi connectivity index (χ0v) is 25.1. The zero-order valence-electron chi connectivity index (χ0n) is 24.1. The van der Waals surface area contributed by atoms with Gasteiger partial charge in [-0.1, -0.05) is 18.7 Å². The fraction of sp³-hybridized carbons (Fsp3) is 0.452. The molecule has 2 fully saturated rings. The van der Waals surface area contributed by atoms with E-state index in [4.69, 9.17) is 14.7 Å². The van der Waals surface area contributed by atoms with Crippen LogP contribution < -0.4 is 14.5 Å². The molecule has 3 aliphatic heterocycles. The molecule has 3 aromatic rings. The van der Waals surface area contributed by atoms with Crippen molar-refractivity contribution >= 4 is 41.7 Å². The molecule has 6 rings (SSSR count). The lowest BCUT2D eigenvalue weighted by Gasteiger charge is -2.42. The second kappa shape index (κ2) is 13.0. The summed E-state index contributed by atoms with van der Waals surface area (Å²) in [5.74, 6) is 0.720. The molecule has 220 valence electrons. The molecular weight excluding hydrogens is 548 g/mol. The van der Waals surface area contributed by atoms with E-state index in [1.54, 1.807) is 4.90 Å². The average molecular weight is 587 g/mol. The number of nitrogens with zero attached hydrogens (tertiary/aromatic N) is 8. The lowest BCUT2D eigenvalue weighted by molar-refractivity contribution is -0.128. The van der Waals surface area contributed by atoms with Gasteiger partial charge in [0.15, 0.2) is 0 Å². The van der Waals surface area contributed by atoms with E-state index in [2.05, 4.69) is 57.6 Å². The van der Waals surface area contributed by atoms with Crippen molar-refractivity contribution in [2.24, 2.45) is 0 Å². The van der Waals surface area contributed by atoms with Crippen molar-refractivity contribution < 1.29 is 9.53 Å². The molecule has 5 heterocycles. The van der Waals surface area contributed by atoms with Crippen LogP contribution in [0, 0.1) is 11.3 Å². The number of aromatic nitrogens is 3. The highest BCUT2D eigenvalue weighted by Crippen LogP contribution is 2.34. The van der Waals surface area contributed by atoms with Gasteiger partial charge in [-0.25, -0.2) is 0 Å². The minimum atomic E-state index is -0.232. The second-order valence-electron chi connectivity index (χ2n) is 11.1. The lowest BCUT2D eigenvalue weighted by atomic mass is 10.0.